The Hall–Kier alpha value is -2.49. The van der Waals surface area contributed by atoms with Gasteiger partial charge in [-0.2, -0.15) is 0 Å². The van der Waals surface area contributed by atoms with Gasteiger partial charge in [-0.05, 0) is 43.3 Å². The highest BCUT2D eigenvalue weighted by Crippen LogP contribution is 2.11. The van der Waals surface area contributed by atoms with Crippen molar-refractivity contribution in [2.75, 3.05) is 25.0 Å². The molecule has 0 aliphatic rings. The molecule has 0 spiro atoms. The maximum absolute atomic E-state index is 11.9. The predicted molar refractivity (Wildman–Crippen MR) is 84.9 cm³/mol. The largest absolute Gasteiger partial charge is 0.494 e. The van der Waals surface area contributed by atoms with Crippen LogP contribution in [-0.4, -0.2) is 25.6 Å². The molecule has 1 amide bonds. The van der Waals surface area contributed by atoms with E-state index in [-0.39, 0.29) is 5.91 Å². The van der Waals surface area contributed by atoms with Gasteiger partial charge in [0.1, 0.15) is 5.75 Å². The number of anilines is 1. The Bertz CT molecular complexity index is 553. The number of nitrogens with one attached hydrogen (secondary N) is 2. The molecule has 0 aliphatic heterocycles. The van der Waals surface area contributed by atoms with E-state index in [2.05, 4.69) is 10.6 Å². The van der Waals surface area contributed by atoms with Crippen molar-refractivity contribution in [3.05, 3.63) is 60.2 Å². The van der Waals surface area contributed by atoms with Crippen LogP contribution in [-0.2, 0) is 0 Å². The summed E-state index contributed by atoms with van der Waals surface area (Å²) in [5.41, 5.74) is 1.69. The Labute approximate surface area is 125 Å². The smallest absolute Gasteiger partial charge is 0.251 e. The van der Waals surface area contributed by atoms with E-state index in [1.54, 1.807) is 24.3 Å². The number of carbonyl (C=O) groups is 1. The van der Waals surface area contributed by atoms with Crippen LogP contribution in [0.15, 0.2) is 54.6 Å². The normalized spacial score (nSPS) is 9.95. The monoisotopic (exact) mass is 284 g/mol. The van der Waals surface area contributed by atoms with Crippen LogP contribution in [0, 0.1) is 0 Å². The number of rotatable bonds is 7. The maximum atomic E-state index is 11.9. The lowest BCUT2D eigenvalue weighted by atomic mass is 10.2. The SMILES string of the molecule is CCOc1ccc(C(=O)NCCNc2ccccc2)cc1. The van der Waals surface area contributed by atoms with Gasteiger partial charge >= 0.3 is 0 Å². The van der Waals surface area contributed by atoms with Crippen molar-refractivity contribution in [2.45, 2.75) is 6.92 Å². The summed E-state index contributed by atoms with van der Waals surface area (Å²) < 4.78 is 5.35. The zero-order valence-electron chi connectivity index (χ0n) is 12.1. The van der Waals surface area contributed by atoms with E-state index < -0.39 is 0 Å². The number of ether oxygens (including phenoxy) is 1. The van der Waals surface area contributed by atoms with Crippen molar-refractivity contribution in [1.29, 1.82) is 0 Å². The van der Waals surface area contributed by atoms with Gasteiger partial charge in [-0.15, -0.1) is 0 Å². The van der Waals surface area contributed by atoms with Crippen LogP contribution in [0.25, 0.3) is 0 Å². The molecule has 2 N–H and O–H groups in total. The Morgan fingerprint density at radius 1 is 1.00 bits per heavy atom. The van der Waals surface area contributed by atoms with Crippen LogP contribution in [0.4, 0.5) is 5.69 Å². The molecule has 0 aliphatic carbocycles. The first kappa shape index (κ1) is 14.9. The summed E-state index contributed by atoms with van der Waals surface area (Å²) in [7, 11) is 0. The van der Waals surface area contributed by atoms with Gasteiger partial charge in [-0.3, -0.25) is 4.79 Å². The maximum Gasteiger partial charge on any atom is 0.251 e. The highest BCUT2D eigenvalue weighted by atomic mass is 16.5. The van der Waals surface area contributed by atoms with Gasteiger partial charge in [0.05, 0.1) is 6.61 Å². The van der Waals surface area contributed by atoms with Crippen molar-refractivity contribution in [3.63, 3.8) is 0 Å². The highest BCUT2D eigenvalue weighted by Gasteiger charge is 2.04. The molecule has 0 saturated heterocycles. The first-order valence-electron chi connectivity index (χ1n) is 7.09. The Balaban J connectivity index is 1.74. The van der Waals surface area contributed by atoms with Crippen LogP contribution in [0.5, 0.6) is 5.75 Å². The fraction of sp³-hybridized carbons (Fsp3) is 0.235. The van der Waals surface area contributed by atoms with Crippen molar-refractivity contribution < 1.29 is 9.53 Å². The second-order valence-corrected chi connectivity index (χ2v) is 4.51. The summed E-state index contributed by atoms with van der Waals surface area (Å²) in [5.74, 6) is 0.702. The third kappa shape index (κ3) is 4.84. The molecule has 0 unspecified atom stereocenters. The molecule has 4 nitrogen and oxygen atoms in total. The lowest BCUT2D eigenvalue weighted by molar-refractivity contribution is 0.0955. The molecule has 2 aromatic carbocycles. The molecule has 0 radical (unpaired) electrons. The molecule has 4 heteroatoms. The van der Waals surface area contributed by atoms with Crippen LogP contribution < -0.4 is 15.4 Å². The van der Waals surface area contributed by atoms with Gasteiger partial charge in [0.2, 0.25) is 0 Å². The van der Waals surface area contributed by atoms with Crippen LogP contribution in [0.3, 0.4) is 0 Å². The minimum atomic E-state index is -0.0760. The van der Waals surface area contributed by atoms with E-state index in [4.69, 9.17) is 4.74 Å². The third-order valence-corrected chi connectivity index (χ3v) is 2.94. The molecule has 2 aromatic rings. The number of carbonyl (C=O) groups excluding carboxylic acids is 1. The van der Waals surface area contributed by atoms with Crippen LogP contribution in [0.2, 0.25) is 0 Å². The fourth-order valence-electron chi connectivity index (χ4n) is 1.91. The van der Waals surface area contributed by atoms with Gasteiger partial charge in [-0.25, -0.2) is 0 Å². The second kappa shape index (κ2) is 7.94. The summed E-state index contributed by atoms with van der Waals surface area (Å²) in [4.78, 5) is 11.9. The Morgan fingerprint density at radius 3 is 2.38 bits per heavy atom. The molecule has 21 heavy (non-hydrogen) atoms. The highest BCUT2D eigenvalue weighted by molar-refractivity contribution is 5.94. The lowest BCUT2D eigenvalue weighted by Crippen LogP contribution is -2.28. The number of para-hydroxylation sites is 1. The molecular formula is C17H20N2O2. The summed E-state index contributed by atoms with van der Waals surface area (Å²) in [6.07, 6.45) is 0. The molecule has 0 atom stereocenters. The minimum Gasteiger partial charge on any atom is -0.494 e. The van der Waals surface area contributed by atoms with Gasteiger partial charge in [0, 0.05) is 24.3 Å². The standard InChI is InChI=1S/C17H20N2O2/c1-2-21-16-10-8-14(9-11-16)17(20)19-13-12-18-15-6-4-3-5-7-15/h3-11,18H,2,12-13H2,1H3,(H,19,20). The summed E-state index contributed by atoms with van der Waals surface area (Å²) in [5, 5.41) is 6.12. The Morgan fingerprint density at radius 2 is 1.71 bits per heavy atom. The quantitative estimate of drug-likeness (QED) is 0.769. The summed E-state index contributed by atoms with van der Waals surface area (Å²) >= 11 is 0. The topological polar surface area (TPSA) is 50.4 Å². The number of benzene rings is 2. The first-order chi connectivity index (χ1) is 10.3. The van der Waals surface area contributed by atoms with E-state index in [0.29, 0.717) is 25.3 Å². The van der Waals surface area contributed by atoms with E-state index in [1.165, 1.54) is 0 Å². The first-order valence-corrected chi connectivity index (χ1v) is 7.09. The average molecular weight is 284 g/mol. The minimum absolute atomic E-state index is 0.0760. The van der Waals surface area contributed by atoms with E-state index in [0.717, 1.165) is 11.4 Å². The van der Waals surface area contributed by atoms with Gasteiger partial charge in [0.15, 0.2) is 0 Å². The molecule has 0 bridgehead atoms. The van der Waals surface area contributed by atoms with Crippen LogP contribution >= 0.6 is 0 Å². The zero-order chi connectivity index (χ0) is 14.9. The van der Waals surface area contributed by atoms with Gasteiger partial charge < -0.3 is 15.4 Å². The number of hydrogen-bond donors (Lipinski definition) is 2. The second-order valence-electron chi connectivity index (χ2n) is 4.51. The number of amides is 1. The Kier molecular flexibility index (Phi) is 5.64. The predicted octanol–water partition coefficient (Wildman–Crippen LogP) is 2.93. The van der Waals surface area contributed by atoms with Crippen LogP contribution in [0.1, 0.15) is 17.3 Å². The van der Waals surface area contributed by atoms with E-state index in [9.17, 15) is 4.79 Å². The summed E-state index contributed by atoms with van der Waals surface area (Å²) in [6.45, 7) is 3.81. The van der Waals surface area contributed by atoms with E-state index in [1.807, 2.05) is 37.3 Å². The molecule has 0 fully saturated rings. The molecule has 0 heterocycles. The fourth-order valence-corrected chi connectivity index (χ4v) is 1.91. The molecule has 0 saturated carbocycles. The molecular weight excluding hydrogens is 264 g/mol. The van der Waals surface area contributed by atoms with E-state index >= 15 is 0 Å². The number of hydrogen-bond acceptors (Lipinski definition) is 3. The van der Waals surface area contributed by atoms with Crippen molar-refractivity contribution in [1.82, 2.24) is 5.32 Å². The van der Waals surface area contributed by atoms with Crippen molar-refractivity contribution in [2.24, 2.45) is 0 Å². The molecule has 0 aromatic heterocycles. The van der Waals surface area contributed by atoms with Gasteiger partial charge in [-0.1, -0.05) is 18.2 Å². The zero-order valence-corrected chi connectivity index (χ0v) is 12.1. The van der Waals surface area contributed by atoms with Gasteiger partial charge in [0.25, 0.3) is 5.91 Å². The third-order valence-electron chi connectivity index (χ3n) is 2.94. The average Bonchev–Trinajstić information content (AvgIpc) is 2.53. The van der Waals surface area contributed by atoms with Crippen molar-refractivity contribution >= 4 is 11.6 Å². The molecule has 110 valence electrons. The van der Waals surface area contributed by atoms with Crippen molar-refractivity contribution in [3.8, 4) is 5.75 Å². The lowest BCUT2D eigenvalue weighted by Gasteiger charge is -2.08. The molecule has 2 rings (SSSR count). The summed E-state index contributed by atoms with van der Waals surface area (Å²) in [6, 6.07) is 17.1.